The van der Waals surface area contributed by atoms with Crippen LogP contribution in [0, 0.1) is 5.82 Å². The fourth-order valence-electron chi connectivity index (χ4n) is 0.897. The Labute approximate surface area is 69.6 Å². The Bertz CT molecular complexity index is 266. The van der Waals surface area contributed by atoms with Gasteiger partial charge in [0.1, 0.15) is 5.82 Å². The van der Waals surface area contributed by atoms with E-state index in [1.807, 2.05) is 0 Å². The molecule has 0 aliphatic rings. The quantitative estimate of drug-likeness (QED) is 0.658. The number of carboxylic acid groups (broad SMARTS) is 1. The Morgan fingerprint density at radius 2 is 1.92 bits per heavy atom. The largest absolute Gasteiger partial charge is 0.550 e. The molecule has 0 aliphatic carbocycles. The first-order valence-electron chi connectivity index (χ1n) is 3.63. The molecule has 1 rings (SSSR count). The Morgan fingerprint density at radius 3 is 2.42 bits per heavy atom. The summed E-state index contributed by atoms with van der Waals surface area (Å²) < 4.78 is 12.4. The molecule has 0 amide bonds. The van der Waals surface area contributed by atoms with E-state index in [1.165, 1.54) is 12.1 Å². The minimum absolute atomic E-state index is 0.0222. The lowest BCUT2D eigenvalue weighted by Crippen LogP contribution is -2.22. The summed E-state index contributed by atoms with van der Waals surface area (Å²) in [4.78, 5) is 10.1. The highest BCUT2D eigenvalue weighted by Crippen LogP contribution is 2.04. The molecular formula is C9H8FO2-. The van der Waals surface area contributed by atoms with Gasteiger partial charge in [-0.25, -0.2) is 4.39 Å². The first-order chi connectivity index (χ1) is 5.68. The molecule has 2 nitrogen and oxygen atoms in total. The first-order valence-corrected chi connectivity index (χ1v) is 3.63. The molecular weight excluding hydrogens is 159 g/mol. The van der Waals surface area contributed by atoms with Crippen LogP contribution in [0.15, 0.2) is 24.3 Å². The summed E-state index contributed by atoms with van der Waals surface area (Å²) in [6.45, 7) is 0. The zero-order valence-electron chi connectivity index (χ0n) is 6.42. The van der Waals surface area contributed by atoms with Crippen molar-refractivity contribution < 1.29 is 14.3 Å². The van der Waals surface area contributed by atoms with E-state index in [2.05, 4.69) is 0 Å². The molecule has 0 radical (unpaired) electrons. The number of aliphatic carboxylic acids is 1. The monoisotopic (exact) mass is 167 g/mol. The van der Waals surface area contributed by atoms with Gasteiger partial charge >= 0.3 is 0 Å². The van der Waals surface area contributed by atoms with Crippen molar-refractivity contribution in [2.75, 3.05) is 0 Å². The van der Waals surface area contributed by atoms with Crippen molar-refractivity contribution in [1.29, 1.82) is 0 Å². The van der Waals surface area contributed by atoms with Crippen LogP contribution in [0.5, 0.6) is 0 Å². The second-order valence-corrected chi connectivity index (χ2v) is 2.50. The van der Waals surface area contributed by atoms with Crippen molar-refractivity contribution in [2.24, 2.45) is 0 Å². The maximum atomic E-state index is 12.4. The van der Waals surface area contributed by atoms with Gasteiger partial charge in [-0.2, -0.15) is 0 Å². The zero-order valence-corrected chi connectivity index (χ0v) is 6.42. The maximum absolute atomic E-state index is 12.4. The number of aryl methyl sites for hydroxylation is 1. The highest BCUT2D eigenvalue weighted by molar-refractivity contribution is 5.64. The van der Waals surface area contributed by atoms with Crippen LogP contribution >= 0.6 is 0 Å². The number of hydrogen-bond acceptors (Lipinski definition) is 2. The average Bonchev–Trinajstić information content (AvgIpc) is 2.03. The number of rotatable bonds is 3. The van der Waals surface area contributed by atoms with Gasteiger partial charge in [0.05, 0.1) is 0 Å². The summed E-state index contributed by atoms with van der Waals surface area (Å²) in [5, 5.41) is 10.1. The van der Waals surface area contributed by atoms with E-state index in [1.54, 1.807) is 12.1 Å². The SMILES string of the molecule is O=C([O-])CCc1ccc(F)cc1. The molecule has 1 aromatic carbocycles. The van der Waals surface area contributed by atoms with E-state index in [4.69, 9.17) is 0 Å². The van der Waals surface area contributed by atoms with E-state index in [0.717, 1.165) is 5.56 Å². The summed E-state index contributed by atoms with van der Waals surface area (Å²) in [6.07, 6.45) is 0.369. The van der Waals surface area contributed by atoms with Crippen molar-refractivity contribution >= 4 is 5.97 Å². The molecule has 0 unspecified atom stereocenters. The number of carbonyl (C=O) groups is 1. The smallest absolute Gasteiger partial charge is 0.123 e. The summed E-state index contributed by atoms with van der Waals surface area (Å²) in [5.41, 5.74) is 0.806. The Kier molecular flexibility index (Phi) is 2.80. The molecule has 0 aromatic heterocycles. The van der Waals surface area contributed by atoms with Gasteiger partial charge < -0.3 is 9.90 Å². The van der Waals surface area contributed by atoms with Gasteiger partial charge in [0.15, 0.2) is 0 Å². The molecule has 0 aliphatic heterocycles. The molecule has 0 N–H and O–H groups in total. The Morgan fingerprint density at radius 1 is 1.33 bits per heavy atom. The van der Waals surface area contributed by atoms with Gasteiger partial charge in [0.25, 0.3) is 0 Å². The first kappa shape index (κ1) is 8.71. The van der Waals surface area contributed by atoms with Gasteiger partial charge in [-0.05, 0) is 30.5 Å². The van der Waals surface area contributed by atoms with Crippen molar-refractivity contribution in [3.8, 4) is 0 Å². The molecule has 0 saturated carbocycles. The Balaban J connectivity index is 2.53. The van der Waals surface area contributed by atoms with Crippen molar-refractivity contribution in [1.82, 2.24) is 0 Å². The van der Waals surface area contributed by atoms with Crippen LogP contribution in [-0.2, 0) is 11.2 Å². The fraction of sp³-hybridized carbons (Fsp3) is 0.222. The van der Waals surface area contributed by atoms with Crippen LogP contribution in [0.25, 0.3) is 0 Å². The summed E-state index contributed by atoms with van der Waals surface area (Å²) in [6, 6.07) is 5.76. The minimum atomic E-state index is -1.08. The number of hydrogen-bond donors (Lipinski definition) is 0. The molecule has 0 fully saturated rings. The highest BCUT2D eigenvalue weighted by Gasteiger charge is 1.93. The molecule has 0 spiro atoms. The molecule has 0 bridgehead atoms. The maximum Gasteiger partial charge on any atom is 0.123 e. The third-order valence-corrected chi connectivity index (χ3v) is 1.53. The summed E-state index contributed by atoms with van der Waals surface area (Å²) in [7, 11) is 0. The third-order valence-electron chi connectivity index (χ3n) is 1.53. The number of carbonyl (C=O) groups excluding carboxylic acids is 1. The predicted molar refractivity (Wildman–Crippen MR) is 39.7 cm³/mol. The van der Waals surface area contributed by atoms with Crippen molar-refractivity contribution in [3.63, 3.8) is 0 Å². The lowest BCUT2D eigenvalue weighted by atomic mass is 10.1. The van der Waals surface area contributed by atoms with Crippen molar-refractivity contribution in [3.05, 3.63) is 35.6 Å². The van der Waals surface area contributed by atoms with Crippen LogP contribution in [-0.4, -0.2) is 5.97 Å². The molecule has 3 heteroatoms. The Hall–Kier alpha value is -1.38. The van der Waals surface area contributed by atoms with E-state index in [9.17, 15) is 14.3 Å². The van der Waals surface area contributed by atoms with Crippen LogP contribution in [0.4, 0.5) is 4.39 Å². The van der Waals surface area contributed by atoms with E-state index < -0.39 is 5.97 Å². The second kappa shape index (κ2) is 3.85. The fourth-order valence-corrected chi connectivity index (χ4v) is 0.897. The second-order valence-electron chi connectivity index (χ2n) is 2.50. The summed E-state index contributed by atoms with van der Waals surface area (Å²) >= 11 is 0. The number of carboxylic acids is 1. The lowest BCUT2D eigenvalue weighted by Gasteiger charge is -2.01. The van der Waals surface area contributed by atoms with Crippen molar-refractivity contribution in [2.45, 2.75) is 12.8 Å². The third kappa shape index (κ3) is 2.70. The topological polar surface area (TPSA) is 40.1 Å². The highest BCUT2D eigenvalue weighted by atomic mass is 19.1. The summed E-state index contributed by atoms with van der Waals surface area (Å²) in [5.74, 6) is -1.40. The van der Waals surface area contributed by atoms with Gasteiger partial charge in [-0.1, -0.05) is 12.1 Å². The van der Waals surface area contributed by atoms with Crippen LogP contribution in [0.3, 0.4) is 0 Å². The lowest BCUT2D eigenvalue weighted by molar-refractivity contribution is -0.305. The molecule has 12 heavy (non-hydrogen) atoms. The number of halogens is 1. The molecule has 0 saturated heterocycles. The van der Waals surface area contributed by atoms with Gasteiger partial charge in [-0.15, -0.1) is 0 Å². The molecule has 1 aromatic rings. The van der Waals surface area contributed by atoms with Crippen LogP contribution in [0.2, 0.25) is 0 Å². The van der Waals surface area contributed by atoms with Gasteiger partial charge in [-0.3, -0.25) is 0 Å². The van der Waals surface area contributed by atoms with E-state index >= 15 is 0 Å². The predicted octanol–water partition coefficient (Wildman–Crippen LogP) is 0.508. The van der Waals surface area contributed by atoms with E-state index in [0.29, 0.717) is 6.42 Å². The zero-order chi connectivity index (χ0) is 8.97. The van der Waals surface area contributed by atoms with E-state index in [-0.39, 0.29) is 12.2 Å². The molecule has 0 heterocycles. The van der Waals surface area contributed by atoms with Gasteiger partial charge in [0.2, 0.25) is 0 Å². The molecule has 0 atom stereocenters. The number of benzene rings is 1. The standard InChI is InChI=1S/C9H9FO2/c10-8-4-1-7(2-5-8)3-6-9(11)12/h1-2,4-5H,3,6H2,(H,11,12)/p-1. The van der Waals surface area contributed by atoms with Crippen LogP contribution < -0.4 is 5.11 Å². The minimum Gasteiger partial charge on any atom is -0.550 e. The molecule has 64 valence electrons. The van der Waals surface area contributed by atoms with Gasteiger partial charge in [0, 0.05) is 5.97 Å². The van der Waals surface area contributed by atoms with Crippen LogP contribution in [0.1, 0.15) is 12.0 Å². The normalized spacial score (nSPS) is 9.75. The average molecular weight is 167 g/mol.